The molecule has 2 unspecified atom stereocenters. The average Bonchev–Trinajstić information content (AvgIpc) is 2.15. The summed E-state index contributed by atoms with van der Waals surface area (Å²) in [6, 6.07) is 0. The summed E-state index contributed by atoms with van der Waals surface area (Å²) in [5, 5.41) is 9.43. The van der Waals surface area contributed by atoms with Crippen LogP contribution >= 0.6 is 0 Å². The maximum atomic E-state index is 11.8. The summed E-state index contributed by atoms with van der Waals surface area (Å²) in [5.74, 6) is 2.82. The van der Waals surface area contributed by atoms with Gasteiger partial charge in [0.05, 0.1) is 0 Å². The summed E-state index contributed by atoms with van der Waals surface area (Å²) in [6.45, 7) is 3.85. The molecule has 0 bridgehead atoms. The molecule has 0 amide bonds. The molecule has 2 atom stereocenters. The van der Waals surface area contributed by atoms with Gasteiger partial charge >= 0.3 is 6.18 Å². The number of hydrogen-bond acceptors (Lipinski definition) is 1. The summed E-state index contributed by atoms with van der Waals surface area (Å²) in [5.41, 5.74) is 0. The minimum atomic E-state index is -4.51. The Morgan fingerprint density at radius 2 is 1.87 bits per heavy atom. The van der Waals surface area contributed by atoms with Crippen molar-refractivity contribution in [2.75, 3.05) is 0 Å². The van der Waals surface area contributed by atoms with E-state index in [1.807, 2.05) is 19.8 Å². The topological polar surface area (TPSA) is 20.2 Å². The predicted octanol–water partition coefficient (Wildman–Crippen LogP) is 3.13. The summed E-state index contributed by atoms with van der Waals surface area (Å²) < 4.78 is 35.3. The quantitative estimate of drug-likeness (QED) is 0.708. The molecule has 88 valence electrons. The van der Waals surface area contributed by atoms with Crippen LogP contribution in [-0.4, -0.2) is 17.4 Å². The van der Waals surface area contributed by atoms with Crippen LogP contribution in [0.4, 0.5) is 13.2 Å². The minimum absolute atomic E-state index is 0.153. The molecule has 0 rings (SSSR count). The van der Waals surface area contributed by atoms with Crippen LogP contribution in [0.1, 0.15) is 39.5 Å². The van der Waals surface area contributed by atoms with Crippen molar-refractivity contribution in [2.45, 2.75) is 51.8 Å². The molecule has 0 aliphatic carbocycles. The van der Waals surface area contributed by atoms with Gasteiger partial charge in [0.15, 0.2) is 0 Å². The van der Waals surface area contributed by atoms with Gasteiger partial charge in [0, 0.05) is 5.92 Å². The lowest BCUT2D eigenvalue weighted by atomic mass is 9.94. The largest absolute Gasteiger partial charge is 0.457 e. The molecule has 0 aliphatic rings. The van der Waals surface area contributed by atoms with Gasteiger partial charge in [-0.25, -0.2) is 0 Å². The van der Waals surface area contributed by atoms with Crippen molar-refractivity contribution in [3.05, 3.63) is 0 Å². The Kier molecular flexibility index (Phi) is 6.42. The third-order valence-electron chi connectivity index (χ3n) is 2.26. The first kappa shape index (κ1) is 14.3. The zero-order valence-electron chi connectivity index (χ0n) is 9.06. The van der Waals surface area contributed by atoms with E-state index in [9.17, 15) is 18.3 Å². The molecule has 0 fully saturated rings. The molecule has 0 aromatic heterocycles. The van der Waals surface area contributed by atoms with Gasteiger partial charge in [-0.05, 0) is 18.8 Å². The molecule has 0 aromatic rings. The van der Waals surface area contributed by atoms with E-state index in [0.29, 0.717) is 6.42 Å². The van der Waals surface area contributed by atoms with Crippen molar-refractivity contribution in [3.8, 4) is 11.8 Å². The van der Waals surface area contributed by atoms with E-state index in [0.717, 1.165) is 25.2 Å². The van der Waals surface area contributed by atoms with E-state index in [-0.39, 0.29) is 5.92 Å². The number of aliphatic hydroxyl groups is 1. The van der Waals surface area contributed by atoms with Crippen LogP contribution in [-0.2, 0) is 0 Å². The molecule has 0 heterocycles. The Balaban J connectivity index is 4.24. The molecule has 0 aromatic carbocycles. The van der Waals surface area contributed by atoms with E-state index in [2.05, 4.69) is 0 Å². The van der Waals surface area contributed by atoms with Crippen molar-refractivity contribution in [1.29, 1.82) is 0 Å². The maximum absolute atomic E-state index is 11.8. The lowest BCUT2D eigenvalue weighted by molar-refractivity contribution is -0.0701. The Labute approximate surface area is 88.7 Å². The SMILES string of the molecule is CCCCC(CC)C(O)C#CC(F)(F)F. The standard InChI is InChI=1S/C11H17F3O/c1-3-5-6-9(4-2)10(15)7-8-11(12,13)14/h9-10,15H,3-6H2,1-2H3. The number of unbranched alkanes of at least 4 members (excludes halogenated alkanes) is 1. The zero-order chi connectivity index (χ0) is 11.9. The lowest BCUT2D eigenvalue weighted by Crippen LogP contribution is -2.18. The van der Waals surface area contributed by atoms with Gasteiger partial charge in [-0.1, -0.05) is 32.6 Å². The van der Waals surface area contributed by atoms with Crippen molar-refractivity contribution >= 4 is 0 Å². The third-order valence-corrected chi connectivity index (χ3v) is 2.26. The number of alkyl halides is 3. The molecular weight excluding hydrogens is 205 g/mol. The number of rotatable bonds is 5. The molecule has 0 saturated heterocycles. The van der Waals surface area contributed by atoms with Gasteiger partial charge in [0.1, 0.15) is 6.10 Å². The van der Waals surface area contributed by atoms with Crippen molar-refractivity contribution < 1.29 is 18.3 Å². The van der Waals surface area contributed by atoms with Crippen LogP contribution in [0.25, 0.3) is 0 Å². The van der Waals surface area contributed by atoms with Crippen molar-refractivity contribution in [1.82, 2.24) is 0 Å². The van der Waals surface area contributed by atoms with Gasteiger partial charge in [0.2, 0.25) is 0 Å². The Morgan fingerprint density at radius 3 is 2.27 bits per heavy atom. The second kappa shape index (κ2) is 6.73. The fourth-order valence-electron chi connectivity index (χ4n) is 1.33. The van der Waals surface area contributed by atoms with E-state index in [1.165, 1.54) is 0 Å². The maximum Gasteiger partial charge on any atom is 0.457 e. The van der Waals surface area contributed by atoms with Gasteiger partial charge < -0.3 is 5.11 Å². The van der Waals surface area contributed by atoms with Crippen LogP contribution < -0.4 is 0 Å². The Hall–Kier alpha value is -0.690. The number of halogens is 3. The van der Waals surface area contributed by atoms with Crippen LogP contribution in [0.3, 0.4) is 0 Å². The predicted molar refractivity (Wildman–Crippen MR) is 53.1 cm³/mol. The minimum Gasteiger partial charge on any atom is -0.380 e. The summed E-state index contributed by atoms with van der Waals surface area (Å²) in [6.07, 6.45) is -2.43. The zero-order valence-corrected chi connectivity index (χ0v) is 9.06. The summed E-state index contributed by atoms with van der Waals surface area (Å²) >= 11 is 0. The van der Waals surface area contributed by atoms with Crippen LogP contribution in [0.15, 0.2) is 0 Å². The van der Waals surface area contributed by atoms with E-state index in [1.54, 1.807) is 0 Å². The van der Waals surface area contributed by atoms with Crippen molar-refractivity contribution in [3.63, 3.8) is 0 Å². The lowest BCUT2D eigenvalue weighted by Gasteiger charge is -2.16. The second-order valence-corrected chi connectivity index (χ2v) is 3.52. The summed E-state index contributed by atoms with van der Waals surface area (Å²) in [7, 11) is 0. The summed E-state index contributed by atoms with van der Waals surface area (Å²) in [4.78, 5) is 0. The van der Waals surface area contributed by atoms with E-state index < -0.39 is 12.3 Å². The highest BCUT2D eigenvalue weighted by Crippen LogP contribution is 2.18. The fraction of sp³-hybridized carbons (Fsp3) is 0.818. The van der Waals surface area contributed by atoms with E-state index >= 15 is 0 Å². The molecular formula is C11H17F3O. The number of hydrogen-bond donors (Lipinski definition) is 1. The molecule has 0 saturated carbocycles. The highest BCUT2D eigenvalue weighted by Gasteiger charge is 2.24. The normalized spacial score (nSPS) is 15.3. The first-order chi connectivity index (χ1) is 6.90. The molecule has 1 nitrogen and oxygen atoms in total. The molecule has 0 radical (unpaired) electrons. The molecule has 1 N–H and O–H groups in total. The monoisotopic (exact) mass is 222 g/mol. The van der Waals surface area contributed by atoms with E-state index in [4.69, 9.17) is 0 Å². The van der Waals surface area contributed by atoms with Gasteiger partial charge in [-0.15, -0.1) is 0 Å². The Morgan fingerprint density at radius 1 is 1.27 bits per heavy atom. The van der Waals surface area contributed by atoms with Crippen molar-refractivity contribution in [2.24, 2.45) is 5.92 Å². The fourth-order valence-corrected chi connectivity index (χ4v) is 1.33. The van der Waals surface area contributed by atoms with Gasteiger partial charge in [0.25, 0.3) is 0 Å². The molecule has 15 heavy (non-hydrogen) atoms. The van der Waals surface area contributed by atoms with Gasteiger partial charge in [-0.2, -0.15) is 13.2 Å². The highest BCUT2D eigenvalue weighted by molar-refractivity contribution is 5.10. The molecule has 0 spiro atoms. The number of aliphatic hydroxyl groups excluding tert-OH is 1. The molecule has 4 heteroatoms. The highest BCUT2D eigenvalue weighted by atomic mass is 19.4. The molecule has 0 aliphatic heterocycles. The smallest absolute Gasteiger partial charge is 0.380 e. The van der Waals surface area contributed by atoms with Crippen LogP contribution in [0.5, 0.6) is 0 Å². The van der Waals surface area contributed by atoms with Gasteiger partial charge in [-0.3, -0.25) is 0 Å². The van der Waals surface area contributed by atoms with Crippen LogP contribution in [0.2, 0.25) is 0 Å². The Bertz CT molecular complexity index is 224. The first-order valence-corrected chi connectivity index (χ1v) is 5.18. The first-order valence-electron chi connectivity index (χ1n) is 5.18. The van der Waals surface area contributed by atoms with Crippen LogP contribution in [0, 0.1) is 17.8 Å². The average molecular weight is 222 g/mol. The third kappa shape index (κ3) is 7.26. The second-order valence-electron chi connectivity index (χ2n) is 3.52.